The highest BCUT2D eigenvalue weighted by atomic mass is 19.1. The molecule has 5 heteroatoms. The number of alkyl carbamates (subject to hydrolysis) is 1. The number of rotatable bonds is 1. The molecule has 0 aliphatic heterocycles. The molecule has 22 heavy (non-hydrogen) atoms. The highest BCUT2D eigenvalue weighted by molar-refractivity contribution is 5.69. The fourth-order valence-electron chi connectivity index (χ4n) is 1.61. The van der Waals surface area contributed by atoms with E-state index in [1.165, 1.54) is 6.07 Å². The largest absolute Gasteiger partial charge is 0.444 e. The van der Waals surface area contributed by atoms with Crippen molar-refractivity contribution in [1.29, 1.82) is 0 Å². The Bertz CT molecular complexity index is 635. The lowest BCUT2D eigenvalue weighted by Gasteiger charge is -2.24. The number of hydrogen-bond acceptors (Lipinski definition) is 3. The van der Waals surface area contributed by atoms with Crippen molar-refractivity contribution in [2.45, 2.75) is 52.7 Å². The molecule has 1 amide bonds. The first kappa shape index (κ1) is 17.8. The summed E-state index contributed by atoms with van der Waals surface area (Å²) in [7, 11) is 0. The van der Waals surface area contributed by atoms with E-state index in [0.29, 0.717) is 11.3 Å². The summed E-state index contributed by atoms with van der Waals surface area (Å²) in [6, 6.07) is 3.13. The SMILES string of the molecule is Cc1c(N)ccc(C#CC(C)(C)NC(=O)OC(C)(C)C)c1F. The number of nitrogens with one attached hydrogen (secondary N) is 1. The molecule has 4 nitrogen and oxygen atoms in total. The second-order valence-corrected chi connectivity index (χ2v) is 6.64. The first-order valence-electron chi connectivity index (χ1n) is 7.00. The van der Waals surface area contributed by atoms with Crippen LogP contribution in [-0.4, -0.2) is 17.2 Å². The van der Waals surface area contributed by atoms with Crippen molar-refractivity contribution < 1.29 is 13.9 Å². The van der Waals surface area contributed by atoms with Crippen LogP contribution in [0.4, 0.5) is 14.9 Å². The van der Waals surface area contributed by atoms with Crippen LogP contribution in [0, 0.1) is 24.6 Å². The molecular formula is C17H23FN2O2. The van der Waals surface area contributed by atoms with Crippen molar-refractivity contribution in [1.82, 2.24) is 5.32 Å². The Morgan fingerprint density at radius 2 is 1.86 bits per heavy atom. The topological polar surface area (TPSA) is 64.3 Å². The normalized spacial score (nSPS) is 11.4. The molecule has 0 bridgehead atoms. The van der Waals surface area contributed by atoms with Gasteiger partial charge in [0.05, 0.1) is 11.1 Å². The van der Waals surface area contributed by atoms with Gasteiger partial charge >= 0.3 is 6.09 Å². The lowest BCUT2D eigenvalue weighted by molar-refractivity contribution is 0.0494. The minimum absolute atomic E-state index is 0.241. The highest BCUT2D eigenvalue weighted by Gasteiger charge is 2.22. The van der Waals surface area contributed by atoms with Gasteiger partial charge in [0, 0.05) is 11.3 Å². The Morgan fingerprint density at radius 1 is 1.27 bits per heavy atom. The third-order valence-corrected chi connectivity index (χ3v) is 2.75. The van der Waals surface area contributed by atoms with E-state index in [2.05, 4.69) is 17.2 Å². The molecule has 0 saturated heterocycles. The van der Waals surface area contributed by atoms with Gasteiger partial charge < -0.3 is 15.8 Å². The number of nitrogen functional groups attached to an aromatic ring is 1. The smallest absolute Gasteiger partial charge is 0.408 e. The molecule has 1 aromatic rings. The number of benzene rings is 1. The summed E-state index contributed by atoms with van der Waals surface area (Å²) in [4.78, 5) is 11.8. The molecule has 0 fully saturated rings. The van der Waals surface area contributed by atoms with Crippen LogP contribution in [0.1, 0.15) is 45.7 Å². The number of nitrogens with two attached hydrogens (primary N) is 1. The molecular weight excluding hydrogens is 283 g/mol. The maximum atomic E-state index is 14.0. The van der Waals surface area contributed by atoms with E-state index >= 15 is 0 Å². The molecule has 0 spiro atoms. The number of carbonyl (C=O) groups excluding carboxylic acids is 1. The number of anilines is 1. The van der Waals surface area contributed by atoms with E-state index in [-0.39, 0.29) is 5.56 Å². The summed E-state index contributed by atoms with van der Waals surface area (Å²) < 4.78 is 19.2. The lowest BCUT2D eigenvalue weighted by atomic mass is 10.0. The van der Waals surface area contributed by atoms with Gasteiger partial charge in [-0.3, -0.25) is 0 Å². The van der Waals surface area contributed by atoms with Crippen LogP contribution >= 0.6 is 0 Å². The minimum Gasteiger partial charge on any atom is -0.444 e. The third kappa shape index (κ3) is 5.28. The van der Waals surface area contributed by atoms with Crippen LogP contribution in [0.2, 0.25) is 0 Å². The summed E-state index contributed by atoms with van der Waals surface area (Å²) in [6.45, 7) is 10.4. The zero-order valence-electron chi connectivity index (χ0n) is 13.9. The molecule has 0 aliphatic rings. The van der Waals surface area contributed by atoms with Gasteiger partial charge in [-0.15, -0.1) is 0 Å². The summed E-state index contributed by atoms with van der Waals surface area (Å²) in [5.41, 5.74) is 5.18. The molecule has 0 saturated carbocycles. The molecule has 0 radical (unpaired) electrons. The Hall–Kier alpha value is -2.22. The predicted octanol–water partition coefficient (Wildman–Crippen LogP) is 3.37. The minimum atomic E-state index is -0.857. The van der Waals surface area contributed by atoms with Crippen molar-refractivity contribution in [2.24, 2.45) is 0 Å². The first-order valence-corrected chi connectivity index (χ1v) is 7.00. The van der Waals surface area contributed by atoms with E-state index in [1.807, 2.05) is 0 Å². The second kappa shape index (κ2) is 6.27. The van der Waals surface area contributed by atoms with Crippen molar-refractivity contribution in [2.75, 3.05) is 5.73 Å². The van der Waals surface area contributed by atoms with E-state index in [1.54, 1.807) is 47.6 Å². The van der Waals surface area contributed by atoms with E-state index in [9.17, 15) is 9.18 Å². The molecule has 0 aliphatic carbocycles. The lowest BCUT2D eigenvalue weighted by Crippen LogP contribution is -2.44. The maximum Gasteiger partial charge on any atom is 0.408 e. The van der Waals surface area contributed by atoms with Crippen molar-refractivity contribution in [3.05, 3.63) is 29.1 Å². The number of amides is 1. The predicted molar refractivity (Wildman–Crippen MR) is 85.9 cm³/mol. The van der Waals surface area contributed by atoms with Gasteiger partial charge in [-0.25, -0.2) is 9.18 Å². The van der Waals surface area contributed by atoms with Gasteiger partial charge in [0.1, 0.15) is 11.4 Å². The fraction of sp³-hybridized carbons (Fsp3) is 0.471. The van der Waals surface area contributed by atoms with Gasteiger partial charge in [-0.05, 0) is 53.7 Å². The average Bonchev–Trinajstić information content (AvgIpc) is 2.32. The molecule has 0 heterocycles. The number of carbonyl (C=O) groups is 1. The molecule has 120 valence electrons. The summed E-state index contributed by atoms with van der Waals surface area (Å²) in [5.74, 6) is 5.13. The number of ether oxygens (including phenoxy) is 1. The zero-order chi connectivity index (χ0) is 17.1. The van der Waals surface area contributed by atoms with E-state index < -0.39 is 23.1 Å². The first-order chi connectivity index (χ1) is 9.91. The zero-order valence-corrected chi connectivity index (χ0v) is 13.9. The number of halogens is 1. The van der Waals surface area contributed by atoms with Crippen molar-refractivity contribution in [3.63, 3.8) is 0 Å². The maximum absolute atomic E-state index is 14.0. The average molecular weight is 306 g/mol. The van der Waals surface area contributed by atoms with Crippen molar-refractivity contribution in [3.8, 4) is 11.8 Å². The van der Waals surface area contributed by atoms with Crippen LogP contribution in [-0.2, 0) is 4.74 Å². The fourth-order valence-corrected chi connectivity index (χ4v) is 1.61. The van der Waals surface area contributed by atoms with Crippen molar-refractivity contribution >= 4 is 11.8 Å². The Balaban J connectivity index is 2.90. The summed E-state index contributed by atoms with van der Waals surface area (Å²) >= 11 is 0. The Labute approximate surface area is 131 Å². The molecule has 1 aromatic carbocycles. The van der Waals surface area contributed by atoms with Crippen LogP contribution in [0.25, 0.3) is 0 Å². The second-order valence-electron chi connectivity index (χ2n) is 6.64. The van der Waals surface area contributed by atoms with Crippen LogP contribution in [0.3, 0.4) is 0 Å². The van der Waals surface area contributed by atoms with E-state index in [0.717, 1.165) is 0 Å². The summed E-state index contributed by atoms with van der Waals surface area (Å²) in [5, 5.41) is 2.65. The van der Waals surface area contributed by atoms with E-state index in [4.69, 9.17) is 10.5 Å². The van der Waals surface area contributed by atoms with Gasteiger partial charge in [0.2, 0.25) is 0 Å². The van der Waals surface area contributed by atoms with Crippen LogP contribution < -0.4 is 11.1 Å². The Kier molecular flexibility index (Phi) is 5.08. The Morgan fingerprint density at radius 3 is 2.41 bits per heavy atom. The molecule has 0 unspecified atom stereocenters. The van der Waals surface area contributed by atoms with Crippen LogP contribution in [0.15, 0.2) is 12.1 Å². The van der Waals surface area contributed by atoms with Gasteiger partial charge in [-0.1, -0.05) is 11.8 Å². The van der Waals surface area contributed by atoms with Gasteiger partial charge in [-0.2, -0.15) is 0 Å². The quantitative estimate of drug-likeness (QED) is 0.617. The standard InChI is InChI=1S/C17H23FN2O2/c1-11-13(19)8-7-12(14(11)18)9-10-17(5,6)20-15(21)22-16(2,3)4/h7-8H,19H2,1-6H3,(H,20,21). The molecule has 3 N–H and O–H groups in total. The number of hydrogen-bond donors (Lipinski definition) is 2. The van der Waals surface area contributed by atoms with Gasteiger partial charge in [0.15, 0.2) is 0 Å². The van der Waals surface area contributed by atoms with Gasteiger partial charge in [0.25, 0.3) is 0 Å². The highest BCUT2D eigenvalue weighted by Crippen LogP contribution is 2.18. The molecule has 0 atom stereocenters. The molecule has 1 rings (SSSR count). The van der Waals surface area contributed by atoms with Crippen LogP contribution in [0.5, 0.6) is 0 Å². The summed E-state index contributed by atoms with van der Waals surface area (Å²) in [6.07, 6.45) is -0.569. The molecule has 0 aromatic heterocycles. The third-order valence-electron chi connectivity index (χ3n) is 2.75. The monoisotopic (exact) mass is 306 g/mol.